The molecule has 0 radical (unpaired) electrons. The van der Waals surface area contributed by atoms with Crippen LogP contribution < -0.4 is 5.32 Å². The van der Waals surface area contributed by atoms with Crippen LogP contribution in [-0.2, 0) is 21.4 Å². The minimum atomic E-state index is -3.64. The lowest BCUT2D eigenvalue weighted by Crippen LogP contribution is -2.44. The second-order valence-electron chi connectivity index (χ2n) is 7.23. The molecule has 2 aromatic carbocycles. The molecule has 162 valence electrons. The van der Waals surface area contributed by atoms with Crippen LogP contribution in [-0.4, -0.2) is 48.9 Å². The number of nitrogens with zero attached hydrogens (tertiary/aromatic N) is 1. The molecule has 9 heteroatoms. The summed E-state index contributed by atoms with van der Waals surface area (Å²) in [6, 6.07) is 15.3. The van der Waals surface area contributed by atoms with Crippen molar-refractivity contribution in [2.45, 2.75) is 31.6 Å². The number of carbonyl (C=O) groups is 1. The summed E-state index contributed by atoms with van der Waals surface area (Å²) in [5, 5.41) is 12.1. The standard InChI is InChI=1S/C21H25ClN2O5S/c22-18-8-4-5-16(13-18)14-29-19-9-11-24(12-10-19)30(27,28)15-20(23-21(25)26)17-6-2-1-3-7-17/h1-8,13,19-20,23H,9-12,14-15H2,(H,25,26). The van der Waals surface area contributed by atoms with Gasteiger partial charge in [-0.2, -0.15) is 0 Å². The zero-order chi connectivity index (χ0) is 21.6. The maximum Gasteiger partial charge on any atom is 0.405 e. The quantitative estimate of drug-likeness (QED) is 0.637. The van der Waals surface area contributed by atoms with Crippen molar-refractivity contribution in [1.82, 2.24) is 9.62 Å². The van der Waals surface area contributed by atoms with E-state index in [0.717, 1.165) is 5.56 Å². The van der Waals surface area contributed by atoms with Gasteiger partial charge in [0, 0.05) is 18.1 Å². The van der Waals surface area contributed by atoms with E-state index in [4.69, 9.17) is 21.4 Å². The van der Waals surface area contributed by atoms with Crippen LogP contribution in [0.2, 0.25) is 5.02 Å². The molecule has 3 rings (SSSR count). The van der Waals surface area contributed by atoms with Gasteiger partial charge in [-0.05, 0) is 36.1 Å². The molecule has 2 aromatic rings. The summed E-state index contributed by atoms with van der Waals surface area (Å²) >= 11 is 5.98. The summed E-state index contributed by atoms with van der Waals surface area (Å²) in [6.07, 6.45) is -0.116. The summed E-state index contributed by atoms with van der Waals surface area (Å²) in [6.45, 7) is 1.12. The van der Waals surface area contributed by atoms with E-state index < -0.39 is 22.2 Å². The summed E-state index contributed by atoms with van der Waals surface area (Å²) in [7, 11) is -3.64. The van der Waals surface area contributed by atoms with Crippen molar-refractivity contribution < 1.29 is 23.1 Å². The average molecular weight is 453 g/mol. The van der Waals surface area contributed by atoms with E-state index in [2.05, 4.69) is 5.32 Å². The van der Waals surface area contributed by atoms with E-state index >= 15 is 0 Å². The number of halogens is 1. The molecule has 0 saturated carbocycles. The number of rotatable bonds is 8. The van der Waals surface area contributed by atoms with Gasteiger partial charge in [-0.3, -0.25) is 0 Å². The fourth-order valence-corrected chi connectivity index (χ4v) is 5.38. The third-order valence-corrected chi connectivity index (χ3v) is 7.19. The van der Waals surface area contributed by atoms with Crippen molar-refractivity contribution >= 4 is 27.7 Å². The molecule has 1 fully saturated rings. The Balaban J connectivity index is 1.56. The summed E-state index contributed by atoms with van der Waals surface area (Å²) < 4.78 is 33.2. The molecule has 1 aliphatic rings. The maximum absolute atomic E-state index is 12.9. The summed E-state index contributed by atoms with van der Waals surface area (Å²) in [4.78, 5) is 11.2. The van der Waals surface area contributed by atoms with Gasteiger partial charge < -0.3 is 15.2 Å². The van der Waals surface area contributed by atoms with Gasteiger partial charge in [-0.1, -0.05) is 54.1 Å². The predicted molar refractivity (Wildman–Crippen MR) is 115 cm³/mol. The molecule has 0 aromatic heterocycles. The van der Waals surface area contributed by atoms with Crippen molar-refractivity contribution in [3.8, 4) is 0 Å². The number of amides is 1. The molecule has 1 aliphatic heterocycles. The highest BCUT2D eigenvalue weighted by Crippen LogP contribution is 2.22. The molecule has 1 unspecified atom stereocenters. The maximum atomic E-state index is 12.9. The Kier molecular flexibility index (Phi) is 7.71. The Hall–Kier alpha value is -2.13. The minimum absolute atomic E-state index is 0.0301. The second kappa shape index (κ2) is 10.3. The average Bonchev–Trinajstić information content (AvgIpc) is 2.72. The molecular weight excluding hydrogens is 428 g/mol. The van der Waals surface area contributed by atoms with Crippen LogP contribution in [0, 0.1) is 0 Å². The Morgan fingerprint density at radius 3 is 2.50 bits per heavy atom. The van der Waals surface area contributed by atoms with Gasteiger partial charge in [0.25, 0.3) is 0 Å². The van der Waals surface area contributed by atoms with Crippen LogP contribution in [0.3, 0.4) is 0 Å². The van der Waals surface area contributed by atoms with Crippen LogP contribution in [0.5, 0.6) is 0 Å². The van der Waals surface area contributed by atoms with E-state index in [1.165, 1.54) is 4.31 Å². The third kappa shape index (κ3) is 6.43. The molecule has 2 N–H and O–H groups in total. The highest BCUT2D eigenvalue weighted by atomic mass is 35.5. The van der Waals surface area contributed by atoms with Crippen molar-refractivity contribution in [2.75, 3.05) is 18.8 Å². The van der Waals surface area contributed by atoms with Gasteiger partial charge in [-0.25, -0.2) is 17.5 Å². The van der Waals surface area contributed by atoms with E-state index in [9.17, 15) is 13.2 Å². The molecule has 30 heavy (non-hydrogen) atoms. The number of nitrogens with one attached hydrogen (secondary N) is 1. The smallest absolute Gasteiger partial charge is 0.405 e. The van der Waals surface area contributed by atoms with E-state index in [1.54, 1.807) is 36.4 Å². The number of piperidine rings is 1. The summed E-state index contributed by atoms with van der Waals surface area (Å²) in [5.74, 6) is -0.322. The highest BCUT2D eigenvalue weighted by Gasteiger charge is 2.31. The first kappa shape index (κ1) is 22.6. The lowest BCUT2D eigenvalue weighted by Gasteiger charge is -2.32. The zero-order valence-corrected chi connectivity index (χ0v) is 18.0. The number of benzene rings is 2. The van der Waals surface area contributed by atoms with Gasteiger partial charge in [0.05, 0.1) is 24.5 Å². The number of hydrogen-bond donors (Lipinski definition) is 2. The first-order valence-electron chi connectivity index (χ1n) is 9.72. The van der Waals surface area contributed by atoms with Gasteiger partial charge >= 0.3 is 6.09 Å². The molecule has 0 bridgehead atoms. The lowest BCUT2D eigenvalue weighted by molar-refractivity contribution is 0.0102. The van der Waals surface area contributed by atoms with E-state index in [0.29, 0.717) is 43.1 Å². The van der Waals surface area contributed by atoms with Crippen LogP contribution in [0.25, 0.3) is 0 Å². The van der Waals surface area contributed by atoms with Gasteiger partial charge in [0.2, 0.25) is 10.0 Å². The van der Waals surface area contributed by atoms with Crippen LogP contribution in [0.4, 0.5) is 4.79 Å². The Morgan fingerprint density at radius 1 is 1.17 bits per heavy atom. The molecule has 1 amide bonds. The van der Waals surface area contributed by atoms with Crippen molar-refractivity contribution in [3.05, 3.63) is 70.7 Å². The van der Waals surface area contributed by atoms with Gasteiger partial charge in [0.15, 0.2) is 0 Å². The van der Waals surface area contributed by atoms with Crippen LogP contribution >= 0.6 is 11.6 Å². The number of ether oxygens (including phenoxy) is 1. The first-order valence-corrected chi connectivity index (χ1v) is 11.7. The van der Waals surface area contributed by atoms with E-state index in [1.807, 2.05) is 18.2 Å². The summed E-state index contributed by atoms with van der Waals surface area (Å²) in [5.41, 5.74) is 1.59. The Morgan fingerprint density at radius 2 is 1.87 bits per heavy atom. The fourth-order valence-electron chi connectivity index (χ4n) is 3.49. The normalized spacial score (nSPS) is 16.8. The van der Waals surface area contributed by atoms with Crippen molar-refractivity contribution in [2.24, 2.45) is 0 Å². The highest BCUT2D eigenvalue weighted by molar-refractivity contribution is 7.89. The Bertz CT molecular complexity index is 947. The van der Waals surface area contributed by atoms with Crippen molar-refractivity contribution in [3.63, 3.8) is 0 Å². The van der Waals surface area contributed by atoms with Crippen molar-refractivity contribution in [1.29, 1.82) is 0 Å². The number of hydrogen-bond acceptors (Lipinski definition) is 4. The SMILES string of the molecule is O=C(O)NC(CS(=O)(=O)N1CCC(OCc2cccc(Cl)c2)CC1)c1ccccc1. The fraction of sp³-hybridized carbons (Fsp3) is 0.381. The molecule has 1 atom stereocenters. The molecule has 0 aliphatic carbocycles. The monoisotopic (exact) mass is 452 g/mol. The minimum Gasteiger partial charge on any atom is -0.465 e. The lowest BCUT2D eigenvalue weighted by atomic mass is 10.1. The molecular formula is C21H25ClN2O5S. The largest absolute Gasteiger partial charge is 0.465 e. The van der Waals surface area contributed by atoms with E-state index in [-0.39, 0.29) is 11.9 Å². The number of sulfonamides is 1. The second-order valence-corrected chi connectivity index (χ2v) is 9.68. The van der Waals surface area contributed by atoms with Gasteiger partial charge in [0.1, 0.15) is 0 Å². The molecule has 1 heterocycles. The molecule has 1 saturated heterocycles. The predicted octanol–water partition coefficient (Wildman–Crippen LogP) is 3.66. The Labute approximate surface area is 181 Å². The van der Waals surface area contributed by atoms with Crippen LogP contribution in [0.15, 0.2) is 54.6 Å². The number of carboxylic acid groups (broad SMARTS) is 1. The zero-order valence-electron chi connectivity index (χ0n) is 16.4. The molecule has 7 nitrogen and oxygen atoms in total. The van der Waals surface area contributed by atoms with Gasteiger partial charge in [-0.15, -0.1) is 0 Å². The third-order valence-electron chi connectivity index (χ3n) is 5.05. The first-order chi connectivity index (χ1) is 14.3. The van der Waals surface area contributed by atoms with Crippen LogP contribution in [0.1, 0.15) is 30.0 Å². The topological polar surface area (TPSA) is 95.9 Å². The molecule has 0 spiro atoms.